The molecule has 1 aromatic rings. The molecule has 1 heteroatoms. The molecule has 0 heterocycles. The minimum Gasteiger partial charge on any atom is -0.224 e. The van der Waals surface area contributed by atoms with Crippen LogP contribution in [0.15, 0.2) is 54.1 Å². The van der Waals surface area contributed by atoms with E-state index in [-0.39, 0.29) is 26.2 Å². The third kappa shape index (κ3) is 2.50. The molecule has 17 heavy (non-hydrogen) atoms. The third-order valence-electron chi connectivity index (χ3n) is 3.76. The largest absolute Gasteiger partial charge is 0.224 e. The van der Waals surface area contributed by atoms with Crippen LogP contribution in [0.5, 0.6) is 0 Å². The van der Waals surface area contributed by atoms with E-state index in [4.69, 9.17) is 0 Å². The maximum atomic E-state index is 2.43. The van der Waals surface area contributed by atoms with Crippen molar-refractivity contribution in [2.24, 2.45) is 11.8 Å². The summed E-state index contributed by atoms with van der Waals surface area (Å²) in [5, 5.41) is 0. The van der Waals surface area contributed by atoms with Crippen LogP contribution in [0.25, 0.3) is 0 Å². The summed E-state index contributed by atoms with van der Waals surface area (Å²) in [5.41, 5.74) is 3.00. The number of hydrogen-bond donors (Lipinski definition) is 0. The van der Waals surface area contributed by atoms with Crippen molar-refractivity contribution in [2.45, 2.75) is 19.3 Å². The zero-order chi connectivity index (χ0) is 11.0. The van der Waals surface area contributed by atoms with Gasteiger partial charge in [-0.3, -0.25) is 0 Å². The van der Waals surface area contributed by atoms with Gasteiger partial charge in [-0.1, -0.05) is 55.7 Å². The van der Waals surface area contributed by atoms with Gasteiger partial charge >= 0.3 is 0 Å². The summed E-state index contributed by atoms with van der Waals surface area (Å²) in [7, 11) is 0. The van der Waals surface area contributed by atoms with Gasteiger partial charge in [0.2, 0.25) is 0 Å². The first kappa shape index (κ1) is 12.9. The average Bonchev–Trinajstić information content (AvgIpc) is 2.70. The maximum absolute atomic E-state index is 2.43. The van der Waals surface area contributed by atoms with Crippen molar-refractivity contribution in [2.75, 3.05) is 0 Å². The fourth-order valence-corrected chi connectivity index (χ4v) is 3.03. The molecule has 0 N–H and O–H groups in total. The van der Waals surface area contributed by atoms with Crippen molar-refractivity contribution in [1.29, 1.82) is 0 Å². The van der Waals surface area contributed by atoms with Crippen molar-refractivity contribution in [1.82, 2.24) is 0 Å². The Bertz CT molecular complexity index is 430. The average molecular weight is 301 g/mol. The molecule has 0 amide bonds. The Hall–Kier alpha value is -0.547. The SMILES string of the molecule is CC1[CH-]C2=CC=CC(c3ccccc3)C2C1.[Zr]. The van der Waals surface area contributed by atoms with Crippen molar-refractivity contribution >= 4 is 0 Å². The summed E-state index contributed by atoms with van der Waals surface area (Å²) in [6.45, 7) is 2.32. The second-order valence-electron chi connectivity index (χ2n) is 4.97. The summed E-state index contributed by atoms with van der Waals surface area (Å²) in [5.74, 6) is 2.03. The summed E-state index contributed by atoms with van der Waals surface area (Å²) in [6.07, 6.45) is 10.6. The molecule has 0 bridgehead atoms. The van der Waals surface area contributed by atoms with E-state index in [0.717, 1.165) is 5.92 Å². The Labute approximate surface area is 123 Å². The van der Waals surface area contributed by atoms with Gasteiger partial charge < -0.3 is 0 Å². The van der Waals surface area contributed by atoms with E-state index in [1.54, 1.807) is 5.57 Å². The minimum atomic E-state index is 0. The third-order valence-corrected chi connectivity index (χ3v) is 3.76. The first-order chi connectivity index (χ1) is 7.84. The van der Waals surface area contributed by atoms with Crippen LogP contribution in [0, 0.1) is 18.3 Å². The molecule has 3 unspecified atom stereocenters. The molecular formula is C16H17Zr-. The smallest absolute Gasteiger partial charge is 0.00461 e. The zero-order valence-corrected chi connectivity index (χ0v) is 12.6. The quantitative estimate of drug-likeness (QED) is 0.684. The van der Waals surface area contributed by atoms with Gasteiger partial charge in [0.15, 0.2) is 0 Å². The van der Waals surface area contributed by atoms with Crippen LogP contribution in [0.1, 0.15) is 24.8 Å². The summed E-state index contributed by atoms with van der Waals surface area (Å²) >= 11 is 0. The van der Waals surface area contributed by atoms with E-state index in [1.165, 1.54) is 12.0 Å². The van der Waals surface area contributed by atoms with E-state index < -0.39 is 0 Å². The van der Waals surface area contributed by atoms with E-state index in [2.05, 4.69) is 61.9 Å². The predicted molar refractivity (Wildman–Crippen MR) is 68.0 cm³/mol. The predicted octanol–water partition coefficient (Wildman–Crippen LogP) is 4.12. The monoisotopic (exact) mass is 299 g/mol. The van der Waals surface area contributed by atoms with Crippen molar-refractivity contribution in [3.8, 4) is 0 Å². The molecule has 0 nitrogen and oxygen atoms in total. The molecule has 0 saturated heterocycles. The van der Waals surface area contributed by atoms with Gasteiger partial charge in [-0.15, -0.1) is 6.08 Å². The van der Waals surface area contributed by atoms with Crippen LogP contribution < -0.4 is 0 Å². The van der Waals surface area contributed by atoms with Crippen LogP contribution in [-0.4, -0.2) is 0 Å². The molecule has 1 aromatic carbocycles. The molecular weight excluding hydrogens is 283 g/mol. The molecule has 1 saturated carbocycles. The molecule has 2 aliphatic carbocycles. The fourth-order valence-electron chi connectivity index (χ4n) is 3.03. The summed E-state index contributed by atoms with van der Waals surface area (Å²) in [4.78, 5) is 0. The first-order valence-electron chi connectivity index (χ1n) is 6.13. The topological polar surface area (TPSA) is 0 Å². The van der Waals surface area contributed by atoms with Gasteiger partial charge in [0, 0.05) is 32.1 Å². The van der Waals surface area contributed by atoms with Gasteiger partial charge in [-0.25, -0.2) is 18.1 Å². The van der Waals surface area contributed by atoms with Crippen LogP contribution in [0.2, 0.25) is 0 Å². The van der Waals surface area contributed by atoms with Crippen LogP contribution >= 0.6 is 0 Å². The Morgan fingerprint density at radius 1 is 1.18 bits per heavy atom. The fraction of sp³-hybridized carbons (Fsp3) is 0.312. The molecule has 86 valence electrons. The van der Waals surface area contributed by atoms with Gasteiger partial charge in [0.1, 0.15) is 0 Å². The molecule has 3 rings (SSSR count). The number of allylic oxidation sites excluding steroid dienone is 4. The Morgan fingerprint density at radius 3 is 2.71 bits per heavy atom. The first-order valence-corrected chi connectivity index (χ1v) is 6.13. The van der Waals surface area contributed by atoms with Crippen molar-refractivity contribution in [3.63, 3.8) is 0 Å². The van der Waals surface area contributed by atoms with Gasteiger partial charge in [-0.05, 0) is 11.5 Å². The van der Waals surface area contributed by atoms with E-state index in [1.807, 2.05) is 0 Å². The summed E-state index contributed by atoms with van der Waals surface area (Å²) < 4.78 is 0. The van der Waals surface area contributed by atoms with E-state index >= 15 is 0 Å². The molecule has 1 fully saturated rings. The molecule has 2 aliphatic rings. The van der Waals surface area contributed by atoms with Crippen molar-refractivity contribution < 1.29 is 26.2 Å². The van der Waals surface area contributed by atoms with Crippen LogP contribution in [0.4, 0.5) is 0 Å². The van der Waals surface area contributed by atoms with Gasteiger partial charge in [-0.2, -0.15) is 0 Å². The molecule has 0 aliphatic heterocycles. The Kier molecular flexibility index (Phi) is 4.10. The molecule has 0 aromatic heterocycles. The maximum Gasteiger partial charge on any atom is 0.00461 e. The minimum absolute atomic E-state index is 0. The Balaban J connectivity index is 0.00000108. The van der Waals surface area contributed by atoms with Crippen molar-refractivity contribution in [3.05, 3.63) is 66.1 Å². The Morgan fingerprint density at radius 2 is 1.94 bits per heavy atom. The van der Waals surface area contributed by atoms with Gasteiger partial charge in [0.25, 0.3) is 0 Å². The normalized spacial score (nSPS) is 29.9. The number of rotatable bonds is 1. The summed E-state index contributed by atoms with van der Waals surface area (Å²) in [6, 6.07) is 10.9. The number of benzene rings is 1. The second kappa shape index (κ2) is 5.40. The zero-order valence-electron chi connectivity index (χ0n) is 10.1. The van der Waals surface area contributed by atoms with E-state index in [0.29, 0.717) is 11.8 Å². The second-order valence-corrected chi connectivity index (χ2v) is 4.97. The number of hydrogen-bond acceptors (Lipinski definition) is 0. The van der Waals surface area contributed by atoms with Crippen LogP contribution in [0.3, 0.4) is 0 Å². The van der Waals surface area contributed by atoms with Gasteiger partial charge in [0.05, 0.1) is 0 Å². The van der Waals surface area contributed by atoms with Crippen LogP contribution in [-0.2, 0) is 26.2 Å². The molecule has 3 atom stereocenters. The standard InChI is InChI=1S/C16H17.Zr/c1-12-10-14-8-5-9-15(16(14)11-12)13-6-3-2-4-7-13;/h2-10,12,15-16H,11H2,1H3;/q-1;. The molecule has 0 spiro atoms. The molecule has 0 radical (unpaired) electrons. The number of fused-ring (bicyclic) bond motifs is 1. The van der Waals surface area contributed by atoms with E-state index in [9.17, 15) is 0 Å².